The maximum Gasteiger partial charge on any atom is 0.245 e. The van der Waals surface area contributed by atoms with Gasteiger partial charge in [-0.2, -0.15) is 0 Å². The number of fused-ring (bicyclic) bond motifs is 1. The monoisotopic (exact) mass is 257 g/mol. The van der Waals surface area contributed by atoms with Crippen LogP contribution in [0.5, 0.6) is 0 Å². The normalized spacial score (nSPS) is 26.2. The van der Waals surface area contributed by atoms with Crippen LogP contribution in [0.15, 0.2) is 58.4 Å². The van der Waals surface area contributed by atoms with E-state index in [1.165, 1.54) is 9.80 Å². The van der Waals surface area contributed by atoms with Crippen molar-refractivity contribution in [2.24, 2.45) is 5.92 Å². The van der Waals surface area contributed by atoms with E-state index in [0.29, 0.717) is 5.92 Å². The number of allylic oxidation sites excluding steroid dienone is 1. The molecule has 0 fully saturated rings. The largest absolute Gasteiger partial charge is 0.349 e. The zero-order valence-electron chi connectivity index (χ0n) is 10.0. The van der Waals surface area contributed by atoms with E-state index < -0.39 is 0 Å². The fraction of sp³-hybridized carbons (Fsp3) is 0.267. The molecule has 0 saturated heterocycles. The summed E-state index contributed by atoms with van der Waals surface area (Å²) in [5.74, 6) is 0.489. The number of amides is 1. The summed E-state index contributed by atoms with van der Waals surface area (Å²) in [6.45, 7) is 0. The van der Waals surface area contributed by atoms with Crippen molar-refractivity contribution in [3.8, 4) is 0 Å². The highest BCUT2D eigenvalue weighted by atomic mass is 32.2. The predicted octanol–water partition coefficient (Wildman–Crippen LogP) is 3.13. The van der Waals surface area contributed by atoms with E-state index in [-0.39, 0.29) is 11.9 Å². The summed E-state index contributed by atoms with van der Waals surface area (Å²) >= 11 is 1.72. The molecule has 1 aromatic rings. The lowest BCUT2D eigenvalue weighted by Crippen LogP contribution is -2.44. The van der Waals surface area contributed by atoms with Crippen LogP contribution in [0.3, 0.4) is 0 Å². The van der Waals surface area contributed by atoms with Crippen LogP contribution in [0.2, 0.25) is 0 Å². The fourth-order valence-electron chi connectivity index (χ4n) is 2.48. The molecule has 1 heterocycles. The molecule has 0 saturated carbocycles. The van der Waals surface area contributed by atoms with Crippen molar-refractivity contribution in [1.82, 2.24) is 5.32 Å². The highest BCUT2D eigenvalue weighted by Gasteiger charge is 2.31. The number of hydrogen-bond donors (Lipinski definition) is 1. The van der Waals surface area contributed by atoms with Crippen molar-refractivity contribution in [3.05, 3.63) is 53.5 Å². The van der Waals surface area contributed by atoms with Crippen LogP contribution in [0.25, 0.3) is 0 Å². The molecule has 92 valence electrons. The number of benzene rings is 1. The molecule has 2 aliphatic rings. The van der Waals surface area contributed by atoms with Crippen LogP contribution in [-0.4, -0.2) is 11.9 Å². The summed E-state index contributed by atoms with van der Waals surface area (Å²) in [5.41, 5.74) is 0. The standard InChI is InChI=1S/C15H15NOS/c17-15-10-14(18-11-6-2-1-3-7-11)12-8-4-5-9-13(12)16-15/h1-7,10,12-13H,8-9H2,(H,16,17)/t12-,13+/m1/s1. The zero-order chi connectivity index (χ0) is 12.4. The third-order valence-corrected chi connectivity index (χ3v) is 4.54. The van der Waals surface area contributed by atoms with Gasteiger partial charge in [0.15, 0.2) is 0 Å². The molecule has 0 unspecified atom stereocenters. The van der Waals surface area contributed by atoms with Gasteiger partial charge in [-0.25, -0.2) is 0 Å². The molecule has 1 N–H and O–H groups in total. The predicted molar refractivity (Wildman–Crippen MR) is 74.2 cm³/mol. The molecule has 0 aromatic heterocycles. The van der Waals surface area contributed by atoms with Crippen LogP contribution in [0, 0.1) is 5.92 Å². The van der Waals surface area contributed by atoms with Gasteiger partial charge in [0.2, 0.25) is 5.91 Å². The van der Waals surface area contributed by atoms with Gasteiger partial charge in [-0.1, -0.05) is 42.1 Å². The van der Waals surface area contributed by atoms with E-state index in [2.05, 4.69) is 29.6 Å². The summed E-state index contributed by atoms with van der Waals surface area (Å²) in [7, 11) is 0. The van der Waals surface area contributed by atoms with Crippen LogP contribution < -0.4 is 5.32 Å². The Labute approximate surface area is 111 Å². The average Bonchev–Trinajstić information content (AvgIpc) is 2.40. The van der Waals surface area contributed by atoms with E-state index in [4.69, 9.17) is 0 Å². The summed E-state index contributed by atoms with van der Waals surface area (Å²) in [6, 6.07) is 10.5. The Balaban J connectivity index is 1.85. The molecule has 1 aliphatic carbocycles. The van der Waals surface area contributed by atoms with Crippen molar-refractivity contribution in [2.45, 2.75) is 23.8 Å². The molecule has 1 aliphatic heterocycles. The van der Waals surface area contributed by atoms with Crippen molar-refractivity contribution in [2.75, 3.05) is 0 Å². The van der Waals surface area contributed by atoms with E-state index in [1.54, 1.807) is 17.8 Å². The summed E-state index contributed by atoms with van der Waals surface area (Å²) in [6.07, 6.45) is 8.12. The second-order valence-corrected chi connectivity index (χ2v) is 5.77. The minimum absolute atomic E-state index is 0.0463. The van der Waals surface area contributed by atoms with Gasteiger partial charge in [0.05, 0.1) is 0 Å². The summed E-state index contributed by atoms with van der Waals surface area (Å²) in [5, 5.41) is 3.05. The first-order valence-electron chi connectivity index (χ1n) is 6.23. The van der Waals surface area contributed by atoms with Crippen LogP contribution in [0.4, 0.5) is 0 Å². The van der Waals surface area contributed by atoms with Crippen LogP contribution in [-0.2, 0) is 4.79 Å². The first-order valence-corrected chi connectivity index (χ1v) is 7.04. The molecule has 0 bridgehead atoms. The Morgan fingerprint density at radius 2 is 1.89 bits per heavy atom. The molecule has 0 radical (unpaired) electrons. The maximum absolute atomic E-state index is 11.7. The number of carbonyl (C=O) groups excluding carboxylic acids is 1. The number of rotatable bonds is 2. The maximum atomic E-state index is 11.7. The fourth-order valence-corrected chi connectivity index (χ4v) is 3.62. The van der Waals surface area contributed by atoms with Crippen molar-refractivity contribution >= 4 is 17.7 Å². The summed E-state index contributed by atoms with van der Waals surface area (Å²) in [4.78, 5) is 14.1. The third kappa shape index (κ3) is 2.36. The average molecular weight is 257 g/mol. The Morgan fingerprint density at radius 1 is 1.11 bits per heavy atom. The van der Waals surface area contributed by atoms with E-state index in [0.717, 1.165) is 12.8 Å². The number of hydrogen-bond acceptors (Lipinski definition) is 2. The van der Waals surface area contributed by atoms with Gasteiger partial charge < -0.3 is 5.32 Å². The molecular weight excluding hydrogens is 242 g/mol. The Hall–Kier alpha value is -1.48. The SMILES string of the molecule is O=C1C=C(Sc2ccccc2)[C@@H]2CC=CC[C@@H]2N1. The number of thioether (sulfide) groups is 1. The zero-order valence-corrected chi connectivity index (χ0v) is 10.8. The van der Waals surface area contributed by atoms with Gasteiger partial charge >= 0.3 is 0 Å². The van der Waals surface area contributed by atoms with E-state index in [9.17, 15) is 4.79 Å². The van der Waals surface area contributed by atoms with E-state index >= 15 is 0 Å². The van der Waals surface area contributed by atoms with Crippen LogP contribution in [0.1, 0.15) is 12.8 Å². The van der Waals surface area contributed by atoms with Gasteiger partial charge in [0.25, 0.3) is 0 Å². The topological polar surface area (TPSA) is 29.1 Å². The highest BCUT2D eigenvalue weighted by molar-refractivity contribution is 8.03. The molecule has 1 amide bonds. The molecule has 3 heteroatoms. The molecule has 2 nitrogen and oxygen atoms in total. The molecule has 0 spiro atoms. The molecule has 18 heavy (non-hydrogen) atoms. The highest BCUT2D eigenvalue weighted by Crippen LogP contribution is 2.39. The lowest BCUT2D eigenvalue weighted by molar-refractivity contribution is -0.118. The second kappa shape index (κ2) is 5.02. The van der Waals surface area contributed by atoms with Crippen molar-refractivity contribution in [3.63, 3.8) is 0 Å². The first-order chi connectivity index (χ1) is 8.83. The quantitative estimate of drug-likeness (QED) is 0.825. The van der Waals surface area contributed by atoms with E-state index in [1.807, 2.05) is 18.2 Å². The molecule has 2 atom stereocenters. The number of carbonyl (C=O) groups is 1. The van der Waals surface area contributed by atoms with Gasteiger partial charge in [-0.15, -0.1) is 0 Å². The Bertz CT molecular complexity index is 506. The summed E-state index contributed by atoms with van der Waals surface area (Å²) < 4.78 is 0. The third-order valence-electron chi connectivity index (χ3n) is 3.38. The van der Waals surface area contributed by atoms with Gasteiger partial charge in [-0.05, 0) is 25.0 Å². The second-order valence-electron chi connectivity index (χ2n) is 4.63. The first kappa shape index (κ1) is 11.6. The molecule has 1 aromatic carbocycles. The van der Waals surface area contributed by atoms with Crippen molar-refractivity contribution in [1.29, 1.82) is 0 Å². The minimum Gasteiger partial charge on any atom is -0.349 e. The Morgan fingerprint density at radius 3 is 2.72 bits per heavy atom. The Kier molecular flexibility index (Phi) is 3.24. The van der Waals surface area contributed by atoms with Gasteiger partial charge in [-0.3, -0.25) is 4.79 Å². The number of nitrogens with one attached hydrogen (secondary N) is 1. The minimum atomic E-state index is 0.0463. The van der Waals surface area contributed by atoms with Crippen molar-refractivity contribution < 1.29 is 4.79 Å². The lowest BCUT2D eigenvalue weighted by atomic mass is 9.86. The molecule has 3 rings (SSSR count). The lowest BCUT2D eigenvalue weighted by Gasteiger charge is -2.34. The smallest absolute Gasteiger partial charge is 0.245 e. The van der Waals surface area contributed by atoms with Crippen LogP contribution >= 0.6 is 11.8 Å². The van der Waals surface area contributed by atoms with Gasteiger partial charge in [0, 0.05) is 27.8 Å². The van der Waals surface area contributed by atoms with Gasteiger partial charge in [0.1, 0.15) is 0 Å². The molecular formula is C15H15NOS.